The molecule has 0 saturated carbocycles. The number of rotatable bonds is 6. The van der Waals surface area contributed by atoms with Crippen LogP contribution < -0.4 is 10.6 Å². The van der Waals surface area contributed by atoms with E-state index in [1.807, 2.05) is 41.3 Å². The van der Waals surface area contributed by atoms with Gasteiger partial charge in [0.25, 0.3) is 11.8 Å². The van der Waals surface area contributed by atoms with Crippen molar-refractivity contribution < 1.29 is 9.59 Å². The van der Waals surface area contributed by atoms with Crippen molar-refractivity contribution >= 4 is 35.0 Å². The van der Waals surface area contributed by atoms with E-state index in [9.17, 15) is 9.59 Å². The number of aromatic nitrogens is 2. The van der Waals surface area contributed by atoms with Gasteiger partial charge in [-0.05, 0) is 48.7 Å². The standard InChI is InChI=1S/C24H20N4O2S/c1-31-24-25-14-15-28(24)19-11-7-10-18(16-19)23(30)27-21-13-6-5-12-20(21)26-22(29)17-8-3-2-4-9-17/h2-16H,1H3,(H,26,29)(H,27,30). The Kier molecular flexibility index (Phi) is 6.14. The Morgan fingerprint density at radius 3 is 2.10 bits per heavy atom. The lowest BCUT2D eigenvalue weighted by Crippen LogP contribution is -2.17. The molecule has 4 aromatic rings. The molecular weight excluding hydrogens is 408 g/mol. The van der Waals surface area contributed by atoms with Crippen molar-refractivity contribution in [1.29, 1.82) is 0 Å². The van der Waals surface area contributed by atoms with E-state index >= 15 is 0 Å². The minimum atomic E-state index is -0.269. The van der Waals surface area contributed by atoms with Gasteiger partial charge in [0.05, 0.1) is 11.4 Å². The molecule has 154 valence electrons. The first-order chi connectivity index (χ1) is 15.2. The van der Waals surface area contributed by atoms with Crippen LogP contribution >= 0.6 is 11.8 Å². The van der Waals surface area contributed by atoms with Gasteiger partial charge in [-0.3, -0.25) is 14.2 Å². The van der Waals surface area contributed by atoms with Crippen molar-refractivity contribution in [3.05, 3.63) is 102 Å². The Morgan fingerprint density at radius 2 is 1.42 bits per heavy atom. The van der Waals surface area contributed by atoms with E-state index in [0.29, 0.717) is 22.5 Å². The number of carbonyl (C=O) groups is 2. The summed E-state index contributed by atoms with van der Waals surface area (Å²) in [4.78, 5) is 29.8. The maximum atomic E-state index is 12.9. The van der Waals surface area contributed by atoms with Gasteiger partial charge in [0.2, 0.25) is 0 Å². The Labute approximate surface area is 184 Å². The molecule has 0 aliphatic rings. The summed E-state index contributed by atoms with van der Waals surface area (Å²) in [5.74, 6) is -0.511. The van der Waals surface area contributed by atoms with Gasteiger partial charge < -0.3 is 10.6 Å². The van der Waals surface area contributed by atoms with Gasteiger partial charge in [-0.1, -0.05) is 48.2 Å². The summed E-state index contributed by atoms with van der Waals surface area (Å²) in [5, 5.41) is 6.60. The first-order valence-corrected chi connectivity index (χ1v) is 10.8. The molecule has 0 aliphatic heterocycles. The molecule has 31 heavy (non-hydrogen) atoms. The van der Waals surface area contributed by atoms with E-state index in [4.69, 9.17) is 0 Å². The summed E-state index contributed by atoms with van der Waals surface area (Å²) in [6.07, 6.45) is 5.54. The Balaban J connectivity index is 1.55. The van der Waals surface area contributed by atoms with Gasteiger partial charge in [0, 0.05) is 29.2 Å². The number of amides is 2. The second kappa shape index (κ2) is 9.32. The van der Waals surface area contributed by atoms with Crippen LogP contribution in [-0.2, 0) is 0 Å². The molecule has 0 aliphatic carbocycles. The molecule has 0 saturated heterocycles. The normalized spacial score (nSPS) is 10.5. The summed E-state index contributed by atoms with van der Waals surface area (Å²) in [6, 6.07) is 23.4. The number of carbonyl (C=O) groups excluding carboxylic acids is 2. The van der Waals surface area contributed by atoms with E-state index in [1.165, 1.54) is 11.8 Å². The van der Waals surface area contributed by atoms with Gasteiger partial charge >= 0.3 is 0 Å². The van der Waals surface area contributed by atoms with Crippen molar-refractivity contribution in [2.24, 2.45) is 0 Å². The third-order valence-corrected chi connectivity index (χ3v) is 5.30. The number of para-hydroxylation sites is 2. The third-order valence-electron chi connectivity index (χ3n) is 4.64. The molecule has 1 aromatic heterocycles. The van der Waals surface area contributed by atoms with Gasteiger partial charge in [0.15, 0.2) is 5.16 Å². The number of thioether (sulfide) groups is 1. The number of anilines is 2. The van der Waals surface area contributed by atoms with Crippen LogP contribution in [0.5, 0.6) is 0 Å². The minimum absolute atomic E-state index is 0.242. The molecule has 0 bridgehead atoms. The quantitative estimate of drug-likeness (QED) is 0.419. The average Bonchev–Trinajstić information content (AvgIpc) is 3.30. The molecule has 1 heterocycles. The fourth-order valence-electron chi connectivity index (χ4n) is 3.11. The third kappa shape index (κ3) is 4.67. The second-order valence-corrected chi connectivity index (χ2v) is 7.43. The van der Waals surface area contributed by atoms with Crippen LogP contribution in [0, 0.1) is 0 Å². The Morgan fingerprint density at radius 1 is 0.806 bits per heavy atom. The fraction of sp³-hybridized carbons (Fsp3) is 0.0417. The molecule has 7 heteroatoms. The van der Waals surface area contributed by atoms with E-state index in [1.54, 1.807) is 60.8 Å². The molecule has 0 fully saturated rings. The van der Waals surface area contributed by atoms with E-state index in [0.717, 1.165) is 10.8 Å². The number of imidazole rings is 1. The van der Waals surface area contributed by atoms with Crippen LogP contribution in [-0.4, -0.2) is 27.6 Å². The molecule has 0 radical (unpaired) electrons. The summed E-state index contributed by atoms with van der Waals surface area (Å²) >= 11 is 1.53. The Hall–Kier alpha value is -3.84. The Bertz CT molecular complexity index is 1220. The number of hydrogen-bond donors (Lipinski definition) is 2. The summed E-state index contributed by atoms with van der Waals surface area (Å²) in [6.45, 7) is 0. The first-order valence-electron chi connectivity index (χ1n) is 9.60. The zero-order chi connectivity index (χ0) is 21.6. The second-order valence-electron chi connectivity index (χ2n) is 6.65. The molecular formula is C24H20N4O2S. The van der Waals surface area contributed by atoms with Gasteiger partial charge in [-0.2, -0.15) is 0 Å². The van der Waals surface area contributed by atoms with Crippen molar-refractivity contribution in [1.82, 2.24) is 9.55 Å². The van der Waals surface area contributed by atoms with Gasteiger partial charge in [0.1, 0.15) is 0 Å². The maximum absolute atomic E-state index is 12.9. The molecule has 6 nitrogen and oxygen atoms in total. The van der Waals surface area contributed by atoms with Gasteiger partial charge in [-0.25, -0.2) is 4.98 Å². The SMILES string of the molecule is CSc1nccn1-c1cccc(C(=O)Nc2ccccc2NC(=O)c2ccccc2)c1. The predicted molar refractivity (Wildman–Crippen MR) is 124 cm³/mol. The highest BCUT2D eigenvalue weighted by Gasteiger charge is 2.13. The predicted octanol–water partition coefficient (Wildman–Crippen LogP) is 5.10. The van der Waals surface area contributed by atoms with Gasteiger partial charge in [-0.15, -0.1) is 0 Å². The topological polar surface area (TPSA) is 76.0 Å². The van der Waals surface area contributed by atoms with E-state index in [-0.39, 0.29) is 11.8 Å². The smallest absolute Gasteiger partial charge is 0.255 e. The fourth-order valence-corrected chi connectivity index (χ4v) is 3.64. The van der Waals surface area contributed by atoms with Crippen molar-refractivity contribution in [3.63, 3.8) is 0 Å². The number of benzene rings is 3. The average molecular weight is 429 g/mol. The lowest BCUT2D eigenvalue weighted by atomic mass is 10.1. The van der Waals surface area contributed by atoms with Crippen LogP contribution in [0.2, 0.25) is 0 Å². The number of nitrogens with zero attached hydrogens (tertiary/aromatic N) is 2. The van der Waals surface area contributed by atoms with Crippen LogP contribution in [0.1, 0.15) is 20.7 Å². The first kappa shape index (κ1) is 20.4. The zero-order valence-corrected chi connectivity index (χ0v) is 17.6. The molecule has 0 atom stereocenters. The summed E-state index contributed by atoms with van der Waals surface area (Å²) < 4.78 is 1.93. The van der Waals surface area contributed by atoms with Crippen molar-refractivity contribution in [2.75, 3.05) is 16.9 Å². The number of nitrogens with one attached hydrogen (secondary N) is 2. The lowest BCUT2D eigenvalue weighted by Gasteiger charge is -2.13. The van der Waals surface area contributed by atoms with Crippen LogP contribution in [0.25, 0.3) is 5.69 Å². The van der Waals surface area contributed by atoms with Crippen LogP contribution in [0.15, 0.2) is 96.4 Å². The highest BCUT2D eigenvalue weighted by atomic mass is 32.2. The lowest BCUT2D eigenvalue weighted by molar-refractivity contribution is 0.101. The van der Waals surface area contributed by atoms with Crippen LogP contribution in [0.3, 0.4) is 0 Å². The molecule has 2 amide bonds. The van der Waals surface area contributed by atoms with Crippen molar-refractivity contribution in [3.8, 4) is 5.69 Å². The van der Waals surface area contributed by atoms with Crippen molar-refractivity contribution in [2.45, 2.75) is 5.16 Å². The summed E-state index contributed by atoms with van der Waals surface area (Å²) in [7, 11) is 0. The highest BCUT2D eigenvalue weighted by Crippen LogP contribution is 2.24. The minimum Gasteiger partial charge on any atom is -0.320 e. The molecule has 2 N–H and O–H groups in total. The summed E-state index contributed by atoms with van der Waals surface area (Å²) in [5.41, 5.74) is 2.94. The zero-order valence-electron chi connectivity index (χ0n) is 16.8. The monoisotopic (exact) mass is 428 g/mol. The molecule has 0 unspecified atom stereocenters. The largest absolute Gasteiger partial charge is 0.320 e. The number of hydrogen-bond acceptors (Lipinski definition) is 4. The molecule has 0 spiro atoms. The molecule has 3 aromatic carbocycles. The molecule has 4 rings (SSSR count). The van der Waals surface area contributed by atoms with E-state index in [2.05, 4.69) is 15.6 Å². The maximum Gasteiger partial charge on any atom is 0.255 e. The van der Waals surface area contributed by atoms with E-state index < -0.39 is 0 Å². The van der Waals surface area contributed by atoms with Crippen LogP contribution in [0.4, 0.5) is 11.4 Å². The highest BCUT2D eigenvalue weighted by molar-refractivity contribution is 7.98.